The molecule has 0 saturated carbocycles. The lowest BCUT2D eigenvalue weighted by molar-refractivity contribution is 0.252. The molecule has 1 aromatic heterocycles. The lowest BCUT2D eigenvalue weighted by Gasteiger charge is -2.22. The number of rotatable bonds is 3. The van der Waals surface area contributed by atoms with Crippen molar-refractivity contribution in [3.05, 3.63) is 48.2 Å². The first-order valence-corrected chi connectivity index (χ1v) is 7.90. The van der Waals surface area contributed by atoms with Gasteiger partial charge in [0.05, 0.1) is 6.54 Å². The number of likely N-dealkylation sites (tertiary alicyclic amines) is 1. The van der Waals surface area contributed by atoms with Crippen LogP contribution in [0, 0.1) is 5.41 Å². The van der Waals surface area contributed by atoms with Gasteiger partial charge in [0, 0.05) is 18.7 Å². The second kappa shape index (κ2) is 6.45. The van der Waals surface area contributed by atoms with Gasteiger partial charge in [0.25, 0.3) is 0 Å². The van der Waals surface area contributed by atoms with Crippen LogP contribution in [0.4, 0.5) is 0 Å². The van der Waals surface area contributed by atoms with E-state index in [1.807, 2.05) is 6.07 Å². The standard InChI is InChI=1S/C18H22N2O.ClH/c1-2-4-15(5-3-1)17-7-6-16(21-17)12-20-11-9-18(14-20)8-10-19-13-18;/h1-7,19H,8-14H2;1H. The Hall–Kier alpha value is -1.29. The average Bonchev–Trinajstić information content (AvgIpc) is 3.24. The molecule has 1 unspecified atom stereocenters. The van der Waals surface area contributed by atoms with Crippen LogP contribution in [-0.2, 0) is 6.54 Å². The molecule has 4 rings (SSSR count). The molecule has 1 aromatic carbocycles. The van der Waals surface area contributed by atoms with Gasteiger partial charge in [-0.15, -0.1) is 12.4 Å². The van der Waals surface area contributed by atoms with E-state index in [4.69, 9.17) is 4.42 Å². The maximum atomic E-state index is 6.03. The first-order chi connectivity index (χ1) is 10.3. The normalized spacial score (nSPS) is 24.7. The molecule has 118 valence electrons. The lowest BCUT2D eigenvalue weighted by Crippen LogP contribution is -2.28. The van der Waals surface area contributed by atoms with E-state index in [0.29, 0.717) is 5.41 Å². The van der Waals surface area contributed by atoms with Crippen LogP contribution >= 0.6 is 12.4 Å². The Balaban J connectivity index is 0.00000144. The van der Waals surface area contributed by atoms with Gasteiger partial charge >= 0.3 is 0 Å². The third-order valence-electron chi connectivity index (χ3n) is 4.95. The van der Waals surface area contributed by atoms with Crippen molar-refractivity contribution in [3.8, 4) is 11.3 Å². The van der Waals surface area contributed by atoms with E-state index in [1.165, 1.54) is 39.0 Å². The molecule has 0 bridgehead atoms. The average molecular weight is 319 g/mol. The summed E-state index contributed by atoms with van der Waals surface area (Å²) in [6, 6.07) is 14.5. The van der Waals surface area contributed by atoms with Gasteiger partial charge in [0.1, 0.15) is 11.5 Å². The zero-order chi connectivity index (χ0) is 14.1. The maximum absolute atomic E-state index is 6.03. The van der Waals surface area contributed by atoms with Crippen molar-refractivity contribution in [3.63, 3.8) is 0 Å². The topological polar surface area (TPSA) is 28.4 Å². The minimum atomic E-state index is 0. The van der Waals surface area contributed by atoms with Crippen LogP contribution in [0.3, 0.4) is 0 Å². The summed E-state index contributed by atoms with van der Waals surface area (Å²) >= 11 is 0. The highest BCUT2D eigenvalue weighted by atomic mass is 35.5. The number of nitrogens with one attached hydrogen (secondary N) is 1. The van der Waals surface area contributed by atoms with Crippen molar-refractivity contribution < 1.29 is 4.42 Å². The third kappa shape index (κ3) is 3.07. The molecule has 1 N–H and O–H groups in total. The van der Waals surface area contributed by atoms with E-state index >= 15 is 0 Å². The Bertz CT molecular complexity index is 605. The van der Waals surface area contributed by atoms with Crippen molar-refractivity contribution in [2.45, 2.75) is 19.4 Å². The van der Waals surface area contributed by atoms with Gasteiger partial charge in [-0.25, -0.2) is 0 Å². The number of nitrogens with zero attached hydrogens (tertiary/aromatic N) is 1. The monoisotopic (exact) mass is 318 g/mol. The highest BCUT2D eigenvalue weighted by Gasteiger charge is 2.40. The molecule has 2 fully saturated rings. The summed E-state index contributed by atoms with van der Waals surface area (Å²) in [5, 5.41) is 3.51. The van der Waals surface area contributed by atoms with E-state index in [1.54, 1.807) is 0 Å². The minimum absolute atomic E-state index is 0. The molecule has 2 aliphatic heterocycles. The third-order valence-corrected chi connectivity index (χ3v) is 4.95. The van der Waals surface area contributed by atoms with Crippen LogP contribution in [0.5, 0.6) is 0 Å². The van der Waals surface area contributed by atoms with E-state index in [-0.39, 0.29) is 12.4 Å². The van der Waals surface area contributed by atoms with Gasteiger partial charge in [-0.2, -0.15) is 0 Å². The molecule has 1 spiro atoms. The Labute approximate surface area is 138 Å². The number of halogens is 1. The molecule has 0 aliphatic carbocycles. The minimum Gasteiger partial charge on any atom is -0.460 e. The van der Waals surface area contributed by atoms with Crippen LogP contribution in [-0.4, -0.2) is 31.1 Å². The van der Waals surface area contributed by atoms with Gasteiger partial charge < -0.3 is 9.73 Å². The predicted octanol–water partition coefficient (Wildman–Crippen LogP) is 3.55. The second-order valence-electron chi connectivity index (χ2n) is 6.52. The molecule has 3 heterocycles. The molecular formula is C18H23ClN2O. The molecule has 0 radical (unpaired) electrons. The first-order valence-electron chi connectivity index (χ1n) is 7.90. The summed E-state index contributed by atoms with van der Waals surface area (Å²) in [6.45, 7) is 5.72. The summed E-state index contributed by atoms with van der Waals surface area (Å²) in [7, 11) is 0. The lowest BCUT2D eigenvalue weighted by atomic mass is 9.87. The zero-order valence-corrected chi connectivity index (χ0v) is 13.6. The largest absolute Gasteiger partial charge is 0.460 e. The van der Waals surface area contributed by atoms with E-state index in [9.17, 15) is 0 Å². The highest BCUT2D eigenvalue weighted by Crippen LogP contribution is 2.36. The predicted molar refractivity (Wildman–Crippen MR) is 91.2 cm³/mol. The molecule has 22 heavy (non-hydrogen) atoms. The molecular weight excluding hydrogens is 296 g/mol. The molecule has 0 amide bonds. The molecule has 4 heteroatoms. The van der Waals surface area contributed by atoms with Crippen molar-refractivity contribution >= 4 is 12.4 Å². The molecule has 2 saturated heterocycles. The number of benzene rings is 1. The summed E-state index contributed by atoms with van der Waals surface area (Å²) in [4.78, 5) is 2.54. The Morgan fingerprint density at radius 2 is 1.95 bits per heavy atom. The van der Waals surface area contributed by atoms with Crippen LogP contribution < -0.4 is 5.32 Å². The van der Waals surface area contributed by atoms with Gasteiger partial charge in [0.2, 0.25) is 0 Å². The van der Waals surface area contributed by atoms with Crippen molar-refractivity contribution in [1.29, 1.82) is 0 Å². The SMILES string of the molecule is Cl.c1ccc(-c2ccc(CN3CCC4(CCNC4)C3)o2)cc1. The fourth-order valence-electron chi connectivity index (χ4n) is 3.75. The first kappa shape index (κ1) is 15.6. The molecule has 2 aliphatic rings. The second-order valence-corrected chi connectivity index (χ2v) is 6.52. The van der Waals surface area contributed by atoms with Crippen molar-refractivity contribution in [2.24, 2.45) is 5.41 Å². The molecule has 3 nitrogen and oxygen atoms in total. The number of furan rings is 1. The van der Waals surface area contributed by atoms with Gasteiger partial charge in [-0.1, -0.05) is 30.3 Å². The van der Waals surface area contributed by atoms with Crippen LogP contribution in [0.1, 0.15) is 18.6 Å². The smallest absolute Gasteiger partial charge is 0.134 e. The van der Waals surface area contributed by atoms with E-state index < -0.39 is 0 Å². The van der Waals surface area contributed by atoms with E-state index in [0.717, 1.165) is 23.6 Å². The van der Waals surface area contributed by atoms with Gasteiger partial charge in [-0.3, -0.25) is 4.90 Å². The molecule has 2 aromatic rings. The summed E-state index contributed by atoms with van der Waals surface area (Å²) in [6.07, 6.45) is 2.66. The highest BCUT2D eigenvalue weighted by molar-refractivity contribution is 5.85. The quantitative estimate of drug-likeness (QED) is 0.938. The van der Waals surface area contributed by atoms with Crippen molar-refractivity contribution in [1.82, 2.24) is 10.2 Å². The summed E-state index contributed by atoms with van der Waals surface area (Å²) < 4.78 is 6.03. The Kier molecular flexibility index (Phi) is 4.57. The van der Waals surface area contributed by atoms with Crippen LogP contribution in [0.2, 0.25) is 0 Å². The van der Waals surface area contributed by atoms with Crippen LogP contribution in [0.15, 0.2) is 46.9 Å². The summed E-state index contributed by atoms with van der Waals surface area (Å²) in [5.41, 5.74) is 1.69. The fraction of sp³-hybridized carbons (Fsp3) is 0.444. The van der Waals surface area contributed by atoms with Crippen LogP contribution in [0.25, 0.3) is 11.3 Å². The maximum Gasteiger partial charge on any atom is 0.134 e. The van der Waals surface area contributed by atoms with Gasteiger partial charge in [0.15, 0.2) is 0 Å². The zero-order valence-electron chi connectivity index (χ0n) is 12.8. The van der Waals surface area contributed by atoms with Gasteiger partial charge in [-0.05, 0) is 43.5 Å². The summed E-state index contributed by atoms with van der Waals surface area (Å²) in [5.74, 6) is 2.05. The Morgan fingerprint density at radius 3 is 2.73 bits per heavy atom. The molecule has 1 atom stereocenters. The number of hydrogen-bond acceptors (Lipinski definition) is 3. The van der Waals surface area contributed by atoms with Crippen molar-refractivity contribution in [2.75, 3.05) is 26.2 Å². The Morgan fingerprint density at radius 1 is 1.09 bits per heavy atom. The van der Waals surface area contributed by atoms with E-state index in [2.05, 4.69) is 46.6 Å². The fourth-order valence-corrected chi connectivity index (χ4v) is 3.75. The number of hydrogen-bond donors (Lipinski definition) is 1.